The molecule has 0 radical (unpaired) electrons. The molecule has 0 saturated heterocycles. The van der Waals surface area contributed by atoms with E-state index in [2.05, 4.69) is 9.46 Å². The van der Waals surface area contributed by atoms with E-state index < -0.39 is 16.0 Å². The molecule has 20 heavy (non-hydrogen) atoms. The number of carbonyl (C=O) groups excluding carboxylic acids is 1. The Morgan fingerprint density at radius 3 is 2.70 bits per heavy atom. The quantitative estimate of drug-likeness (QED) is 0.737. The molecule has 1 atom stereocenters. The lowest BCUT2D eigenvalue weighted by Crippen LogP contribution is -2.41. The first-order valence-electron chi connectivity index (χ1n) is 5.88. The summed E-state index contributed by atoms with van der Waals surface area (Å²) >= 11 is 0. The van der Waals surface area contributed by atoms with Gasteiger partial charge in [0, 0.05) is 12.6 Å². The van der Waals surface area contributed by atoms with Gasteiger partial charge in [0.1, 0.15) is 0 Å². The summed E-state index contributed by atoms with van der Waals surface area (Å²) in [5, 5.41) is -0.313. The summed E-state index contributed by atoms with van der Waals surface area (Å²) in [6, 6.07) is 2.18. The minimum absolute atomic E-state index is 0. The lowest BCUT2D eigenvalue weighted by molar-refractivity contribution is 0.0559. The van der Waals surface area contributed by atoms with Crippen LogP contribution in [0, 0.1) is 5.92 Å². The van der Waals surface area contributed by atoms with Crippen molar-refractivity contribution in [2.45, 2.75) is 24.0 Å². The monoisotopic (exact) mass is 324 g/mol. The highest BCUT2D eigenvalue weighted by Gasteiger charge is 2.34. The molecule has 114 valence electrons. The number of furan rings is 1. The Kier molecular flexibility index (Phi) is 5.58. The van der Waals surface area contributed by atoms with Crippen molar-refractivity contribution >= 4 is 28.4 Å². The summed E-state index contributed by atoms with van der Waals surface area (Å²) in [5.41, 5.74) is 5.54. The highest BCUT2D eigenvalue weighted by atomic mass is 35.5. The number of ether oxygens (including phenoxy) is 1. The first kappa shape index (κ1) is 17.0. The molecule has 0 spiro atoms. The smallest absolute Gasteiger partial charge is 0.374 e. The van der Waals surface area contributed by atoms with E-state index in [4.69, 9.17) is 10.2 Å². The number of hydrogen-bond donors (Lipinski definition) is 2. The molecule has 1 saturated carbocycles. The predicted molar refractivity (Wildman–Crippen MR) is 73.2 cm³/mol. The fourth-order valence-electron chi connectivity index (χ4n) is 1.77. The van der Waals surface area contributed by atoms with E-state index in [1.54, 1.807) is 0 Å². The number of rotatable bonds is 6. The maximum absolute atomic E-state index is 12.0. The van der Waals surface area contributed by atoms with E-state index in [1.807, 2.05) is 0 Å². The van der Waals surface area contributed by atoms with Gasteiger partial charge < -0.3 is 14.9 Å². The largest absolute Gasteiger partial charge is 0.463 e. The van der Waals surface area contributed by atoms with Gasteiger partial charge >= 0.3 is 5.97 Å². The van der Waals surface area contributed by atoms with Crippen molar-refractivity contribution in [2.24, 2.45) is 11.7 Å². The van der Waals surface area contributed by atoms with Crippen LogP contribution in [0.4, 0.5) is 0 Å². The van der Waals surface area contributed by atoms with Gasteiger partial charge in [-0.3, -0.25) is 0 Å². The van der Waals surface area contributed by atoms with E-state index in [0.717, 1.165) is 12.8 Å². The summed E-state index contributed by atoms with van der Waals surface area (Å²) in [7, 11) is -2.61. The third-order valence-electron chi connectivity index (χ3n) is 2.98. The molecule has 1 aliphatic rings. The van der Waals surface area contributed by atoms with Gasteiger partial charge in [-0.25, -0.2) is 17.9 Å². The number of nitrogens with one attached hydrogen (secondary N) is 1. The van der Waals surface area contributed by atoms with Crippen LogP contribution in [0.5, 0.6) is 0 Å². The van der Waals surface area contributed by atoms with Gasteiger partial charge in [0.15, 0.2) is 0 Å². The van der Waals surface area contributed by atoms with Crippen LogP contribution in [-0.4, -0.2) is 34.1 Å². The third-order valence-corrected chi connectivity index (χ3v) is 4.35. The number of hydrogen-bond acceptors (Lipinski definition) is 6. The van der Waals surface area contributed by atoms with Crippen LogP contribution in [-0.2, 0) is 14.8 Å². The summed E-state index contributed by atoms with van der Waals surface area (Å²) in [6.45, 7) is 0.231. The van der Waals surface area contributed by atoms with Crippen molar-refractivity contribution in [3.63, 3.8) is 0 Å². The zero-order valence-corrected chi connectivity index (χ0v) is 12.5. The van der Waals surface area contributed by atoms with Crippen molar-refractivity contribution in [1.29, 1.82) is 0 Å². The first-order chi connectivity index (χ1) is 8.97. The first-order valence-corrected chi connectivity index (χ1v) is 7.37. The molecule has 1 heterocycles. The second-order valence-electron chi connectivity index (χ2n) is 4.41. The molecule has 0 amide bonds. The molecule has 2 rings (SSSR count). The summed E-state index contributed by atoms with van der Waals surface area (Å²) < 4.78 is 36.0. The molecule has 7 nitrogen and oxygen atoms in total. The van der Waals surface area contributed by atoms with Crippen molar-refractivity contribution in [2.75, 3.05) is 13.7 Å². The lowest BCUT2D eigenvalue weighted by atomic mass is 10.2. The highest BCUT2D eigenvalue weighted by molar-refractivity contribution is 7.89. The molecule has 1 aliphatic carbocycles. The zero-order chi connectivity index (χ0) is 14.0. The van der Waals surface area contributed by atoms with Gasteiger partial charge in [0.05, 0.1) is 7.11 Å². The average molecular weight is 325 g/mol. The van der Waals surface area contributed by atoms with Crippen molar-refractivity contribution in [1.82, 2.24) is 4.72 Å². The minimum Gasteiger partial charge on any atom is -0.463 e. The number of sulfonamides is 1. The molecule has 0 aliphatic heterocycles. The fourth-order valence-corrected chi connectivity index (χ4v) is 3.02. The number of methoxy groups -OCH3 is 1. The van der Waals surface area contributed by atoms with Crippen LogP contribution < -0.4 is 10.5 Å². The lowest BCUT2D eigenvalue weighted by Gasteiger charge is -2.14. The minimum atomic E-state index is -3.80. The van der Waals surface area contributed by atoms with E-state index in [0.29, 0.717) is 0 Å². The standard InChI is InChI=1S/C11H16N2O5S.ClH/c1-17-11(14)9-4-5-10(18-9)19(15,16)13-8(6-12)7-2-3-7;/h4-5,7-8,13H,2-3,6,12H2,1H3;1H. The molecular formula is C11H17ClN2O5S. The van der Waals surface area contributed by atoms with Gasteiger partial charge in [-0.2, -0.15) is 0 Å². The van der Waals surface area contributed by atoms with Crippen LogP contribution in [0.25, 0.3) is 0 Å². The SMILES string of the molecule is COC(=O)c1ccc(S(=O)(=O)NC(CN)C2CC2)o1.Cl. The van der Waals surface area contributed by atoms with Crippen LogP contribution >= 0.6 is 12.4 Å². The highest BCUT2D eigenvalue weighted by Crippen LogP contribution is 2.33. The molecule has 0 bridgehead atoms. The van der Waals surface area contributed by atoms with Gasteiger partial charge in [0.25, 0.3) is 10.0 Å². The zero-order valence-electron chi connectivity index (χ0n) is 10.9. The normalized spacial score (nSPS) is 16.3. The van der Waals surface area contributed by atoms with Crippen molar-refractivity contribution in [3.05, 3.63) is 17.9 Å². The Morgan fingerprint density at radius 1 is 1.55 bits per heavy atom. The van der Waals surface area contributed by atoms with Crippen LogP contribution in [0.1, 0.15) is 23.4 Å². The second kappa shape index (κ2) is 6.57. The summed E-state index contributed by atoms with van der Waals surface area (Å²) in [4.78, 5) is 11.2. The molecular weight excluding hydrogens is 308 g/mol. The molecule has 1 aromatic heterocycles. The Balaban J connectivity index is 0.00000200. The molecule has 1 unspecified atom stereocenters. The Hall–Kier alpha value is -1.09. The van der Waals surface area contributed by atoms with Gasteiger partial charge in [0.2, 0.25) is 10.9 Å². The Labute approximate surface area is 123 Å². The van der Waals surface area contributed by atoms with E-state index in [-0.39, 0.29) is 41.8 Å². The van der Waals surface area contributed by atoms with Crippen LogP contribution in [0.15, 0.2) is 21.6 Å². The average Bonchev–Trinajstić information content (AvgIpc) is 3.10. The molecule has 1 fully saturated rings. The topological polar surface area (TPSA) is 112 Å². The number of nitrogens with two attached hydrogens (primary N) is 1. The molecule has 1 aromatic rings. The maximum Gasteiger partial charge on any atom is 0.374 e. The number of carbonyl (C=O) groups is 1. The Morgan fingerprint density at radius 2 is 2.20 bits per heavy atom. The molecule has 0 aromatic carbocycles. The number of esters is 1. The van der Waals surface area contributed by atoms with E-state index in [9.17, 15) is 13.2 Å². The predicted octanol–water partition coefficient (Wildman–Crippen LogP) is 0.504. The van der Waals surface area contributed by atoms with Gasteiger partial charge in [-0.15, -0.1) is 12.4 Å². The van der Waals surface area contributed by atoms with Crippen LogP contribution in [0.3, 0.4) is 0 Å². The van der Waals surface area contributed by atoms with E-state index >= 15 is 0 Å². The van der Waals surface area contributed by atoms with E-state index in [1.165, 1.54) is 19.2 Å². The van der Waals surface area contributed by atoms with Crippen molar-refractivity contribution < 1.29 is 22.4 Å². The maximum atomic E-state index is 12.0. The molecule has 9 heteroatoms. The summed E-state index contributed by atoms with van der Waals surface area (Å²) in [5.74, 6) is -0.590. The third kappa shape index (κ3) is 3.72. The Bertz CT molecular complexity index is 567. The summed E-state index contributed by atoms with van der Waals surface area (Å²) in [6.07, 6.45) is 1.94. The van der Waals surface area contributed by atoms with Gasteiger partial charge in [-0.05, 0) is 30.9 Å². The molecule has 3 N–H and O–H groups in total. The van der Waals surface area contributed by atoms with Crippen LogP contribution in [0.2, 0.25) is 0 Å². The van der Waals surface area contributed by atoms with Gasteiger partial charge in [-0.1, -0.05) is 0 Å². The van der Waals surface area contributed by atoms with Crippen molar-refractivity contribution in [3.8, 4) is 0 Å². The fraction of sp³-hybridized carbons (Fsp3) is 0.545. The second-order valence-corrected chi connectivity index (χ2v) is 6.06. The number of halogens is 1.